The molecule has 1 heteroatoms. The molecule has 3 rings (SSSR count). The van der Waals surface area contributed by atoms with Crippen molar-refractivity contribution in [3.8, 4) is 0 Å². The predicted octanol–water partition coefficient (Wildman–Crippen LogP) is 2.58. The van der Waals surface area contributed by atoms with Crippen LogP contribution in [-0.4, -0.2) is 11.7 Å². The summed E-state index contributed by atoms with van der Waals surface area (Å²) < 4.78 is 0. The van der Waals surface area contributed by atoms with Crippen LogP contribution in [0.15, 0.2) is 42.5 Å². The summed E-state index contributed by atoms with van der Waals surface area (Å²) >= 11 is 0. The van der Waals surface area contributed by atoms with E-state index in [1.165, 1.54) is 12.0 Å². The Morgan fingerprint density at radius 3 is 2.53 bits per heavy atom. The fraction of sp³-hybridized carbons (Fsp3) is 0.429. The van der Waals surface area contributed by atoms with Crippen molar-refractivity contribution in [2.75, 3.05) is 6.61 Å². The van der Waals surface area contributed by atoms with Crippen LogP contribution in [0.2, 0.25) is 0 Å². The minimum Gasteiger partial charge on any atom is -0.396 e. The number of rotatable bonds is 2. The molecule has 1 nitrogen and oxygen atoms in total. The molecule has 1 N–H and O–H groups in total. The lowest BCUT2D eigenvalue weighted by Crippen LogP contribution is -2.21. The van der Waals surface area contributed by atoms with Crippen LogP contribution in [0.4, 0.5) is 0 Å². The maximum atomic E-state index is 9.49. The Labute approximate surface area is 90.4 Å². The molecule has 0 saturated heterocycles. The van der Waals surface area contributed by atoms with Gasteiger partial charge in [-0.25, -0.2) is 0 Å². The van der Waals surface area contributed by atoms with Crippen molar-refractivity contribution in [1.82, 2.24) is 0 Å². The Kier molecular flexibility index (Phi) is 2.14. The smallest absolute Gasteiger partial charge is 0.0470 e. The maximum Gasteiger partial charge on any atom is 0.0470 e. The highest BCUT2D eigenvalue weighted by Crippen LogP contribution is 2.52. The second-order valence-corrected chi connectivity index (χ2v) is 4.73. The zero-order valence-electron chi connectivity index (χ0n) is 8.71. The third kappa shape index (κ3) is 1.34. The molecule has 78 valence electrons. The molecule has 4 atom stereocenters. The molecule has 0 heterocycles. The summed E-state index contributed by atoms with van der Waals surface area (Å²) in [5, 5.41) is 9.49. The molecule has 0 aromatic heterocycles. The van der Waals surface area contributed by atoms with Gasteiger partial charge in [0.05, 0.1) is 0 Å². The first kappa shape index (κ1) is 9.17. The molecule has 0 aliphatic heterocycles. The molecule has 0 amide bonds. The van der Waals surface area contributed by atoms with Gasteiger partial charge in [-0.15, -0.1) is 0 Å². The number of hydrogen-bond acceptors (Lipinski definition) is 1. The average molecular weight is 200 g/mol. The van der Waals surface area contributed by atoms with Crippen molar-refractivity contribution in [1.29, 1.82) is 0 Å². The van der Waals surface area contributed by atoms with Crippen molar-refractivity contribution in [2.24, 2.45) is 17.8 Å². The van der Waals surface area contributed by atoms with E-state index in [0.717, 1.165) is 0 Å². The van der Waals surface area contributed by atoms with E-state index in [1.807, 2.05) is 0 Å². The number of allylic oxidation sites excluding steroid dienone is 2. The fourth-order valence-electron chi connectivity index (χ4n) is 3.34. The summed E-state index contributed by atoms with van der Waals surface area (Å²) in [7, 11) is 0. The SMILES string of the molecule is OC[C@H]1[C@H](c2ccccc2)[C@H]2C=C[C@@H]1C2. The minimum absolute atomic E-state index is 0.324. The van der Waals surface area contributed by atoms with Gasteiger partial charge in [0.1, 0.15) is 0 Å². The summed E-state index contributed by atoms with van der Waals surface area (Å²) in [4.78, 5) is 0. The molecule has 0 radical (unpaired) electrons. The highest BCUT2D eigenvalue weighted by molar-refractivity contribution is 5.29. The normalized spacial score (nSPS) is 37.4. The molecule has 15 heavy (non-hydrogen) atoms. The summed E-state index contributed by atoms with van der Waals surface area (Å²) in [5.41, 5.74) is 1.40. The van der Waals surface area contributed by atoms with Crippen LogP contribution in [0.3, 0.4) is 0 Å². The van der Waals surface area contributed by atoms with Crippen LogP contribution in [0.1, 0.15) is 17.9 Å². The van der Waals surface area contributed by atoms with E-state index >= 15 is 0 Å². The zero-order valence-corrected chi connectivity index (χ0v) is 8.71. The molecule has 0 spiro atoms. The van der Waals surface area contributed by atoms with Crippen molar-refractivity contribution in [3.05, 3.63) is 48.0 Å². The average Bonchev–Trinajstić information content (AvgIpc) is 2.89. The van der Waals surface area contributed by atoms with E-state index in [9.17, 15) is 5.11 Å². The number of fused-ring (bicyclic) bond motifs is 2. The maximum absolute atomic E-state index is 9.49. The Hall–Kier alpha value is -1.08. The molecule has 0 unspecified atom stereocenters. The summed E-state index contributed by atoms with van der Waals surface area (Å²) in [5.74, 6) is 2.27. The molecule has 1 aromatic rings. The summed E-state index contributed by atoms with van der Waals surface area (Å²) in [6.45, 7) is 0.324. The molecule has 2 bridgehead atoms. The largest absolute Gasteiger partial charge is 0.396 e. The first-order valence-corrected chi connectivity index (χ1v) is 5.74. The lowest BCUT2D eigenvalue weighted by molar-refractivity contribution is 0.191. The van der Waals surface area contributed by atoms with Crippen molar-refractivity contribution in [3.63, 3.8) is 0 Å². The predicted molar refractivity (Wildman–Crippen MR) is 60.5 cm³/mol. The first-order chi connectivity index (χ1) is 7.40. The van der Waals surface area contributed by atoms with Gasteiger partial charge in [-0.05, 0) is 35.7 Å². The van der Waals surface area contributed by atoms with E-state index in [-0.39, 0.29) is 0 Å². The van der Waals surface area contributed by atoms with Crippen LogP contribution in [0.5, 0.6) is 0 Å². The number of aliphatic hydroxyl groups excluding tert-OH is 1. The van der Waals surface area contributed by atoms with Gasteiger partial charge >= 0.3 is 0 Å². The van der Waals surface area contributed by atoms with E-state index < -0.39 is 0 Å². The van der Waals surface area contributed by atoms with E-state index in [2.05, 4.69) is 42.5 Å². The van der Waals surface area contributed by atoms with Crippen LogP contribution in [-0.2, 0) is 0 Å². The first-order valence-electron chi connectivity index (χ1n) is 5.74. The molecule has 2 aliphatic rings. The highest BCUT2D eigenvalue weighted by atomic mass is 16.3. The lowest BCUT2D eigenvalue weighted by atomic mass is 9.79. The van der Waals surface area contributed by atoms with Gasteiger partial charge in [0.2, 0.25) is 0 Å². The molecule has 2 aliphatic carbocycles. The van der Waals surface area contributed by atoms with Crippen LogP contribution >= 0.6 is 0 Å². The Bertz CT molecular complexity index is 368. The monoisotopic (exact) mass is 200 g/mol. The van der Waals surface area contributed by atoms with Crippen LogP contribution < -0.4 is 0 Å². The molecule has 1 saturated carbocycles. The Morgan fingerprint density at radius 1 is 1.07 bits per heavy atom. The van der Waals surface area contributed by atoms with Gasteiger partial charge in [0.25, 0.3) is 0 Å². The highest BCUT2D eigenvalue weighted by Gasteiger charge is 2.44. The van der Waals surface area contributed by atoms with Gasteiger partial charge < -0.3 is 5.11 Å². The second-order valence-electron chi connectivity index (χ2n) is 4.73. The van der Waals surface area contributed by atoms with Gasteiger partial charge in [0.15, 0.2) is 0 Å². The van der Waals surface area contributed by atoms with E-state index in [1.54, 1.807) is 0 Å². The summed E-state index contributed by atoms with van der Waals surface area (Å²) in [6, 6.07) is 10.6. The van der Waals surface area contributed by atoms with Gasteiger partial charge in [-0.2, -0.15) is 0 Å². The topological polar surface area (TPSA) is 20.2 Å². The van der Waals surface area contributed by atoms with Crippen molar-refractivity contribution < 1.29 is 5.11 Å². The number of hydrogen-bond donors (Lipinski definition) is 1. The molecule has 1 fully saturated rings. The Balaban J connectivity index is 1.96. The summed E-state index contributed by atoms with van der Waals surface area (Å²) in [6.07, 6.45) is 5.88. The van der Waals surface area contributed by atoms with Crippen LogP contribution in [0.25, 0.3) is 0 Å². The van der Waals surface area contributed by atoms with E-state index in [4.69, 9.17) is 0 Å². The third-order valence-electron chi connectivity index (χ3n) is 4.02. The number of benzene rings is 1. The second kappa shape index (κ2) is 3.49. The molecular weight excluding hydrogens is 184 g/mol. The van der Waals surface area contributed by atoms with Gasteiger partial charge in [-0.3, -0.25) is 0 Å². The van der Waals surface area contributed by atoms with Gasteiger partial charge in [-0.1, -0.05) is 42.5 Å². The number of aliphatic hydroxyl groups is 1. The molecule has 1 aromatic carbocycles. The van der Waals surface area contributed by atoms with Crippen LogP contribution in [0, 0.1) is 17.8 Å². The Morgan fingerprint density at radius 2 is 1.80 bits per heavy atom. The van der Waals surface area contributed by atoms with E-state index in [0.29, 0.717) is 30.3 Å². The minimum atomic E-state index is 0.324. The van der Waals surface area contributed by atoms with Crippen molar-refractivity contribution >= 4 is 0 Å². The third-order valence-corrected chi connectivity index (χ3v) is 4.02. The lowest BCUT2D eigenvalue weighted by Gasteiger charge is -2.26. The molecular formula is C14H16O. The van der Waals surface area contributed by atoms with Crippen molar-refractivity contribution in [2.45, 2.75) is 12.3 Å². The van der Waals surface area contributed by atoms with Gasteiger partial charge in [0, 0.05) is 6.61 Å². The zero-order chi connectivity index (χ0) is 10.3. The quantitative estimate of drug-likeness (QED) is 0.727. The standard InChI is InChI=1S/C14H16O/c15-9-13-11-6-7-12(8-11)14(13)10-4-2-1-3-5-10/h1-7,11-15H,8-9H2/t11-,12+,13-,14-/m1/s1. The fourth-order valence-corrected chi connectivity index (χ4v) is 3.34.